The van der Waals surface area contributed by atoms with Crippen LogP contribution < -0.4 is 16.0 Å². The molecule has 1 aliphatic rings. The molecule has 1 fully saturated rings. The zero-order valence-electron chi connectivity index (χ0n) is 15.5. The van der Waals surface area contributed by atoms with Gasteiger partial charge in [0.2, 0.25) is 0 Å². The lowest BCUT2D eigenvalue weighted by Crippen LogP contribution is -2.40. The number of nitriles is 1. The fourth-order valence-corrected chi connectivity index (χ4v) is 3.43. The standard InChI is InChI=1S/C21H19BrN4O3/c22-16-6-3-5-15(12-16)21(8-9-21)26-18(27)17-7-2-1-4-14(17)13-25-20(29)19(28)24-11-10-23/h1-7,12H,8-9,11,13H2,(H,24,28)(H,25,29)(H,26,27). The van der Waals surface area contributed by atoms with Gasteiger partial charge in [0, 0.05) is 16.6 Å². The van der Waals surface area contributed by atoms with Crippen LogP contribution >= 0.6 is 15.9 Å². The number of amides is 3. The lowest BCUT2D eigenvalue weighted by atomic mass is 10.0. The van der Waals surface area contributed by atoms with Gasteiger partial charge in [0.25, 0.3) is 5.91 Å². The first kappa shape index (κ1) is 20.6. The Bertz CT molecular complexity index is 995. The average Bonchev–Trinajstić information content (AvgIpc) is 3.51. The van der Waals surface area contributed by atoms with E-state index in [1.165, 1.54) is 0 Å². The van der Waals surface area contributed by atoms with E-state index in [-0.39, 0.29) is 24.5 Å². The number of nitrogens with zero attached hydrogens (tertiary/aromatic N) is 1. The Labute approximate surface area is 176 Å². The van der Waals surface area contributed by atoms with Crippen LogP contribution in [0.15, 0.2) is 53.0 Å². The third-order valence-electron chi connectivity index (χ3n) is 4.72. The van der Waals surface area contributed by atoms with Gasteiger partial charge in [-0.25, -0.2) is 0 Å². The van der Waals surface area contributed by atoms with Crippen molar-refractivity contribution < 1.29 is 14.4 Å². The second-order valence-corrected chi connectivity index (χ2v) is 7.64. The van der Waals surface area contributed by atoms with Gasteiger partial charge < -0.3 is 16.0 Å². The Morgan fingerprint density at radius 2 is 1.76 bits per heavy atom. The van der Waals surface area contributed by atoms with Crippen LogP contribution in [0.1, 0.15) is 34.3 Å². The van der Waals surface area contributed by atoms with Crippen molar-refractivity contribution in [2.45, 2.75) is 24.9 Å². The Hall–Kier alpha value is -3.18. The van der Waals surface area contributed by atoms with Crippen molar-refractivity contribution in [2.75, 3.05) is 6.54 Å². The highest BCUT2D eigenvalue weighted by atomic mass is 79.9. The van der Waals surface area contributed by atoms with Crippen LogP contribution in [0.5, 0.6) is 0 Å². The molecule has 2 aromatic rings. The smallest absolute Gasteiger partial charge is 0.310 e. The summed E-state index contributed by atoms with van der Waals surface area (Å²) in [5.74, 6) is -1.98. The van der Waals surface area contributed by atoms with Crippen molar-refractivity contribution in [1.29, 1.82) is 5.26 Å². The summed E-state index contributed by atoms with van der Waals surface area (Å²) in [5, 5.41) is 16.2. The summed E-state index contributed by atoms with van der Waals surface area (Å²) >= 11 is 3.46. The van der Waals surface area contributed by atoms with Crippen LogP contribution in [-0.4, -0.2) is 24.3 Å². The van der Waals surface area contributed by atoms with Gasteiger partial charge in [-0.2, -0.15) is 5.26 Å². The maximum Gasteiger partial charge on any atom is 0.310 e. The normalized spacial score (nSPS) is 13.7. The summed E-state index contributed by atoms with van der Waals surface area (Å²) in [5.41, 5.74) is 1.69. The van der Waals surface area contributed by atoms with Crippen LogP contribution in [-0.2, 0) is 21.7 Å². The molecule has 0 bridgehead atoms. The van der Waals surface area contributed by atoms with Crippen molar-refractivity contribution in [3.05, 3.63) is 69.7 Å². The number of hydrogen-bond donors (Lipinski definition) is 3. The molecule has 0 spiro atoms. The summed E-state index contributed by atoms with van der Waals surface area (Å²) in [6.07, 6.45) is 1.71. The van der Waals surface area contributed by atoms with Gasteiger partial charge in [-0.15, -0.1) is 0 Å². The van der Waals surface area contributed by atoms with E-state index in [2.05, 4.69) is 31.9 Å². The molecule has 0 unspecified atom stereocenters. The van der Waals surface area contributed by atoms with Gasteiger partial charge in [0.05, 0.1) is 11.6 Å². The molecule has 3 N–H and O–H groups in total. The number of carbonyl (C=O) groups excluding carboxylic acids is 3. The van der Waals surface area contributed by atoms with Crippen LogP contribution in [0.25, 0.3) is 0 Å². The number of nitrogens with one attached hydrogen (secondary N) is 3. The first-order valence-electron chi connectivity index (χ1n) is 9.04. The molecule has 0 aliphatic heterocycles. The summed E-state index contributed by atoms with van der Waals surface area (Å²) in [4.78, 5) is 36.3. The summed E-state index contributed by atoms with van der Waals surface area (Å²) < 4.78 is 0.952. The minimum atomic E-state index is -0.889. The summed E-state index contributed by atoms with van der Waals surface area (Å²) in [7, 11) is 0. The fraction of sp³-hybridized carbons (Fsp3) is 0.238. The third kappa shape index (κ3) is 5.00. The molecule has 7 nitrogen and oxygen atoms in total. The zero-order valence-corrected chi connectivity index (χ0v) is 17.1. The van der Waals surface area contributed by atoms with Crippen molar-refractivity contribution in [3.8, 4) is 6.07 Å². The molecule has 0 atom stereocenters. The molecule has 1 saturated carbocycles. The molecule has 2 aromatic carbocycles. The summed E-state index contributed by atoms with van der Waals surface area (Å²) in [6, 6.07) is 16.5. The molecule has 0 heterocycles. The van der Waals surface area contributed by atoms with Crippen molar-refractivity contribution in [2.24, 2.45) is 0 Å². The van der Waals surface area contributed by atoms with Crippen molar-refractivity contribution in [1.82, 2.24) is 16.0 Å². The maximum atomic E-state index is 12.9. The zero-order chi connectivity index (χ0) is 20.9. The van der Waals surface area contributed by atoms with E-state index in [0.717, 1.165) is 22.9 Å². The quantitative estimate of drug-likeness (QED) is 0.458. The lowest BCUT2D eigenvalue weighted by Gasteiger charge is -2.19. The second kappa shape index (κ2) is 8.88. The predicted molar refractivity (Wildman–Crippen MR) is 109 cm³/mol. The molecule has 3 amide bonds. The Kier molecular flexibility index (Phi) is 6.29. The summed E-state index contributed by atoms with van der Waals surface area (Å²) in [6.45, 7) is -0.227. The van der Waals surface area contributed by atoms with Gasteiger partial charge >= 0.3 is 11.8 Å². The first-order chi connectivity index (χ1) is 13.9. The van der Waals surface area contributed by atoms with E-state index < -0.39 is 11.8 Å². The van der Waals surface area contributed by atoms with Gasteiger partial charge in [0.15, 0.2) is 0 Å². The van der Waals surface area contributed by atoms with Crippen LogP contribution in [0, 0.1) is 11.3 Å². The number of rotatable bonds is 6. The molecule has 148 valence electrons. The molecule has 0 radical (unpaired) electrons. The number of hydrogen-bond acceptors (Lipinski definition) is 4. The third-order valence-corrected chi connectivity index (χ3v) is 5.21. The van der Waals surface area contributed by atoms with Crippen molar-refractivity contribution in [3.63, 3.8) is 0 Å². The van der Waals surface area contributed by atoms with Crippen molar-refractivity contribution >= 4 is 33.7 Å². The van der Waals surface area contributed by atoms with Gasteiger partial charge in [-0.3, -0.25) is 14.4 Å². The first-order valence-corrected chi connectivity index (χ1v) is 9.84. The largest absolute Gasteiger partial charge is 0.344 e. The average molecular weight is 455 g/mol. The number of halogens is 1. The molecule has 0 saturated heterocycles. The van der Waals surface area contributed by atoms with Gasteiger partial charge in [0.1, 0.15) is 6.54 Å². The lowest BCUT2D eigenvalue weighted by molar-refractivity contribution is -0.139. The van der Waals surface area contributed by atoms with Gasteiger partial charge in [-0.1, -0.05) is 46.3 Å². The van der Waals surface area contributed by atoms with E-state index in [9.17, 15) is 14.4 Å². The molecule has 29 heavy (non-hydrogen) atoms. The topological polar surface area (TPSA) is 111 Å². The SMILES string of the molecule is N#CCNC(=O)C(=O)NCc1ccccc1C(=O)NC1(c2cccc(Br)c2)CC1. The highest BCUT2D eigenvalue weighted by molar-refractivity contribution is 9.10. The minimum absolute atomic E-state index is 0.0201. The Morgan fingerprint density at radius 1 is 1.03 bits per heavy atom. The molecule has 1 aliphatic carbocycles. The Morgan fingerprint density at radius 3 is 2.45 bits per heavy atom. The maximum absolute atomic E-state index is 12.9. The minimum Gasteiger partial charge on any atom is -0.344 e. The molecule has 0 aromatic heterocycles. The molecular formula is C21H19BrN4O3. The Balaban J connectivity index is 1.69. The molecule has 3 rings (SSSR count). The number of benzene rings is 2. The van der Waals surface area contributed by atoms with E-state index in [1.54, 1.807) is 30.3 Å². The van der Waals surface area contributed by atoms with E-state index in [4.69, 9.17) is 5.26 Å². The van der Waals surface area contributed by atoms with E-state index in [0.29, 0.717) is 11.1 Å². The number of carbonyl (C=O) groups is 3. The molecular weight excluding hydrogens is 436 g/mol. The van der Waals surface area contributed by atoms with E-state index >= 15 is 0 Å². The predicted octanol–water partition coefficient (Wildman–Crippen LogP) is 2.12. The van der Waals surface area contributed by atoms with Crippen LogP contribution in [0.4, 0.5) is 0 Å². The van der Waals surface area contributed by atoms with E-state index in [1.807, 2.05) is 24.3 Å². The molecule has 8 heteroatoms. The second-order valence-electron chi connectivity index (χ2n) is 6.73. The fourth-order valence-electron chi connectivity index (χ4n) is 3.03. The van der Waals surface area contributed by atoms with Gasteiger partial charge in [-0.05, 0) is 42.2 Å². The van der Waals surface area contributed by atoms with Crippen LogP contribution in [0.2, 0.25) is 0 Å². The monoisotopic (exact) mass is 454 g/mol. The highest BCUT2D eigenvalue weighted by Gasteiger charge is 2.46. The highest BCUT2D eigenvalue weighted by Crippen LogP contribution is 2.46. The van der Waals surface area contributed by atoms with Crippen LogP contribution in [0.3, 0.4) is 0 Å².